The number of fused-ring (bicyclic) bond motifs is 2. The van der Waals surface area contributed by atoms with Crippen molar-refractivity contribution in [3.8, 4) is 0 Å². The fourth-order valence-electron chi connectivity index (χ4n) is 3.32. The number of aryl methyl sites for hydroxylation is 3. The summed E-state index contributed by atoms with van der Waals surface area (Å²) in [6.45, 7) is 5.86. The average Bonchev–Trinajstić information content (AvgIpc) is 3.12. The van der Waals surface area contributed by atoms with Gasteiger partial charge in [-0.15, -0.1) is 11.3 Å². The van der Waals surface area contributed by atoms with Gasteiger partial charge in [-0.25, -0.2) is 4.98 Å². The van der Waals surface area contributed by atoms with Crippen LogP contribution in [0.2, 0.25) is 0 Å². The van der Waals surface area contributed by atoms with Crippen LogP contribution >= 0.6 is 23.1 Å². The number of H-pyrrole nitrogens is 1. The number of aromatic nitrogens is 3. The third-order valence-corrected chi connectivity index (χ3v) is 7.01. The van der Waals surface area contributed by atoms with E-state index in [-0.39, 0.29) is 17.1 Å². The number of carbonyl (C=O) groups is 1. The lowest BCUT2D eigenvalue weighted by molar-refractivity contribution is 0.102. The molecule has 0 bridgehead atoms. The van der Waals surface area contributed by atoms with Crippen molar-refractivity contribution in [2.45, 2.75) is 25.9 Å². The van der Waals surface area contributed by atoms with Gasteiger partial charge in [0.2, 0.25) is 0 Å². The van der Waals surface area contributed by atoms with Crippen LogP contribution in [0.15, 0.2) is 34.2 Å². The van der Waals surface area contributed by atoms with Gasteiger partial charge in [0.15, 0.2) is 10.9 Å². The normalized spacial score (nSPS) is 11.6. The summed E-state index contributed by atoms with van der Waals surface area (Å²) in [6.07, 6.45) is 0. The Bertz CT molecular complexity index is 1260. The molecule has 1 N–H and O–H groups in total. The molecule has 7 heteroatoms. The van der Waals surface area contributed by atoms with E-state index in [9.17, 15) is 9.59 Å². The maximum atomic E-state index is 12.9. The largest absolute Gasteiger partial charge is 0.358 e. The number of ketones is 1. The van der Waals surface area contributed by atoms with Gasteiger partial charge in [-0.05, 0) is 32.4 Å². The van der Waals surface area contributed by atoms with E-state index in [0.717, 1.165) is 31.9 Å². The predicted octanol–water partition coefficient (Wildman–Crippen LogP) is 4.38. The molecule has 3 heterocycles. The van der Waals surface area contributed by atoms with Gasteiger partial charge in [-0.3, -0.25) is 14.2 Å². The summed E-state index contributed by atoms with van der Waals surface area (Å²) >= 11 is 2.83. The molecule has 0 fully saturated rings. The second-order valence-electron chi connectivity index (χ2n) is 6.60. The van der Waals surface area contributed by atoms with Crippen LogP contribution in [-0.2, 0) is 7.05 Å². The molecule has 0 saturated heterocycles. The number of hydrogen-bond acceptors (Lipinski definition) is 5. The smallest absolute Gasteiger partial charge is 0.262 e. The predicted molar refractivity (Wildman–Crippen MR) is 112 cm³/mol. The van der Waals surface area contributed by atoms with Crippen LogP contribution in [0, 0.1) is 20.8 Å². The molecule has 0 aliphatic rings. The average molecular weight is 398 g/mol. The number of carbonyl (C=O) groups excluding carboxylic acids is 1. The molecule has 0 atom stereocenters. The number of benzene rings is 1. The molecule has 0 aliphatic heterocycles. The number of aromatic amines is 1. The lowest BCUT2D eigenvalue weighted by atomic mass is 10.1. The second-order valence-corrected chi connectivity index (χ2v) is 8.75. The standard InChI is InChI=1S/C20H19N3O2S2/c1-10-12(3)27-18-16(10)19(25)23(4)20(22-18)26-9-15(24)17-11(2)21-14-8-6-5-7-13(14)17/h5-8,21H,9H2,1-4H3. The lowest BCUT2D eigenvalue weighted by Gasteiger charge is -2.07. The highest BCUT2D eigenvalue weighted by molar-refractivity contribution is 7.99. The number of nitrogens with zero attached hydrogens (tertiary/aromatic N) is 2. The second kappa shape index (κ2) is 6.65. The molecule has 0 amide bonds. The number of Topliss-reactive ketones (excluding diaryl/α,β-unsaturated/α-hetero) is 1. The third-order valence-electron chi connectivity index (χ3n) is 4.87. The number of thiophene rings is 1. The van der Waals surface area contributed by atoms with Crippen molar-refractivity contribution in [3.63, 3.8) is 0 Å². The van der Waals surface area contributed by atoms with Gasteiger partial charge < -0.3 is 4.98 Å². The molecule has 5 nitrogen and oxygen atoms in total. The van der Waals surface area contributed by atoms with Crippen molar-refractivity contribution in [2.75, 3.05) is 5.75 Å². The Hall–Kier alpha value is -2.38. The Labute approximate surface area is 164 Å². The third kappa shape index (κ3) is 2.91. The fraction of sp³-hybridized carbons (Fsp3) is 0.250. The van der Waals surface area contributed by atoms with E-state index in [4.69, 9.17) is 0 Å². The topological polar surface area (TPSA) is 67.8 Å². The van der Waals surface area contributed by atoms with Gasteiger partial charge in [0, 0.05) is 34.1 Å². The number of hydrogen-bond donors (Lipinski definition) is 1. The van der Waals surface area contributed by atoms with Gasteiger partial charge in [0.25, 0.3) is 5.56 Å². The highest BCUT2D eigenvalue weighted by Crippen LogP contribution is 2.29. The summed E-state index contributed by atoms with van der Waals surface area (Å²) in [5.41, 5.74) is 3.47. The first-order valence-electron chi connectivity index (χ1n) is 8.58. The molecule has 0 spiro atoms. The van der Waals surface area contributed by atoms with Gasteiger partial charge in [0.1, 0.15) is 4.83 Å². The molecular formula is C20H19N3O2S2. The van der Waals surface area contributed by atoms with E-state index in [0.29, 0.717) is 16.1 Å². The number of thioether (sulfide) groups is 1. The van der Waals surface area contributed by atoms with Crippen molar-refractivity contribution >= 4 is 50.0 Å². The van der Waals surface area contributed by atoms with E-state index >= 15 is 0 Å². The minimum atomic E-state index is -0.0555. The van der Waals surface area contributed by atoms with Crippen LogP contribution in [0.4, 0.5) is 0 Å². The lowest BCUT2D eigenvalue weighted by Crippen LogP contribution is -2.20. The zero-order valence-corrected chi connectivity index (χ0v) is 17.2. The van der Waals surface area contributed by atoms with Crippen molar-refractivity contribution in [1.82, 2.24) is 14.5 Å². The molecule has 4 aromatic rings. The minimum Gasteiger partial charge on any atom is -0.358 e. The van der Waals surface area contributed by atoms with Crippen molar-refractivity contribution in [3.05, 3.63) is 56.3 Å². The van der Waals surface area contributed by atoms with Gasteiger partial charge in [-0.2, -0.15) is 0 Å². The molecular weight excluding hydrogens is 378 g/mol. The molecule has 0 saturated carbocycles. The van der Waals surface area contributed by atoms with E-state index in [2.05, 4.69) is 9.97 Å². The molecule has 0 aliphatic carbocycles. The highest BCUT2D eigenvalue weighted by Gasteiger charge is 2.19. The molecule has 138 valence electrons. The molecule has 0 unspecified atom stereocenters. The SMILES string of the molecule is Cc1[nH]c2ccccc2c1C(=O)CSc1nc2sc(C)c(C)c2c(=O)n1C. The van der Waals surface area contributed by atoms with Crippen molar-refractivity contribution in [1.29, 1.82) is 0 Å². The molecule has 3 aromatic heterocycles. The maximum Gasteiger partial charge on any atom is 0.262 e. The molecule has 0 radical (unpaired) electrons. The van der Waals surface area contributed by atoms with Crippen LogP contribution < -0.4 is 5.56 Å². The molecule has 1 aromatic carbocycles. The number of para-hydroxylation sites is 1. The monoisotopic (exact) mass is 397 g/mol. The quantitative estimate of drug-likeness (QED) is 0.315. The first-order chi connectivity index (χ1) is 12.9. The summed E-state index contributed by atoms with van der Waals surface area (Å²) in [5, 5.41) is 2.19. The van der Waals surface area contributed by atoms with Crippen LogP contribution in [0.3, 0.4) is 0 Å². The zero-order chi connectivity index (χ0) is 19.3. The Morgan fingerprint density at radius 3 is 2.78 bits per heavy atom. The van der Waals surface area contributed by atoms with Gasteiger partial charge in [0.05, 0.1) is 11.1 Å². The first-order valence-corrected chi connectivity index (χ1v) is 10.4. The van der Waals surface area contributed by atoms with Crippen LogP contribution in [0.5, 0.6) is 0 Å². The summed E-state index contributed by atoms with van der Waals surface area (Å²) in [7, 11) is 1.71. The first kappa shape index (κ1) is 18.0. The van der Waals surface area contributed by atoms with E-state index in [1.165, 1.54) is 23.1 Å². The fourth-order valence-corrected chi connectivity index (χ4v) is 5.24. The van der Waals surface area contributed by atoms with Gasteiger partial charge >= 0.3 is 0 Å². The highest BCUT2D eigenvalue weighted by atomic mass is 32.2. The number of rotatable bonds is 4. The summed E-state index contributed by atoms with van der Waals surface area (Å²) in [6, 6.07) is 7.79. The van der Waals surface area contributed by atoms with E-state index < -0.39 is 0 Å². The number of nitrogens with one attached hydrogen (secondary N) is 1. The van der Waals surface area contributed by atoms with E-state index in [1.807, 2.05) is 45.0 Å². The van der Waals surface area contributed by atoms with Crippen LogP contribution in [-0.4, -0.2) is 26.1 Å². The zero-order valence-electron chi connectivity index (χ0n) is 15.5. The Morgan fingerprint density at radius 1 is 1.26 bits per heavy atom. The summed E-state index contributed by atoms with van der Waals surface area (Å²) in [4.78, 5) is 35.3. The summed E-state index contributed by atoms with van der Waals surface area (Å²) in [5.74, 6) is 0.264. The van der Waals surface area contributed by atoms with Crippen molar-refractivity contribution in [2.24, 2.45) is 7.05 Å². The van der Waals surface area contributed by atoms with Crippen molar-refractivity contribution < 1.29 is 4.79 Å². The Balaban J connectivity index is 1.67. The Kier molecular flexibility index (Phi) is 4.44. The minimum absolute atomic E-state index is 0.0304. The van der Waals surface area contributed by atoms with E-state index in [1.54, 1.807) is 11.6 Å². The van der Waals surface area contributed by atoms with Gasteiger partial charge in [-0.1, -0.05) is 30.0 Å². The maximum absolute atomic E-state index is 12.9. The van der Waals surface area contributed by atoms with Crippen LogP contribution in [0.25, 0.3) is 21.1 Å². The molecule has 4 rings (SSSR count). The molecule has 27 heavy (non-hydrogen) atoms. The van der Waals surface area contributed by atoms with Crippen LogP contribution in [0.1, 0.15) is 26.5 Å². The summed E-state index contributed by atoms with van der Waals surface area (Å²) < 4.78 is 1.54. The Morgan fingerprint density at radius 2 is 2.00 bits per heavy atom.